The zero-order valence-corrected chi connectivity index (χ0v) is 27.1. The van der Waals surface area contributed by atoms with Gasteiger partial charge in [-0.3, -0.25) is 0 Å². The molecule has 2 heterocycles. The highest BCUT2D eigenvalue weighted by Gasteiger charge is 2.50. The highest BCUT2D eigenvalue weighted by atomic mass is 16.5. The normalized spacial score (nSPS) is 17.7. The summed E-state index contributed by atoms with van der Waals surface area (Å²) in [4.78, 5) is 2.52. The number of benzene rings is 4. The topological polar surface area (TPSA) is 12.5 Å². The molecule has 0 unspecified atom stereocenters. The molecule has 0 bridgehead atoms. The average Bonchev–Trinajstić information content (AvgIpc) is 3.10. The Morgan fingerprint density at radius 1 is 0.690 bits per heavy atom. The van der Waals surface area contributed by atoms with Crippen molar-refractivity contribution in [2.75, 3.05) is 4.90 Å². The van der Waals surface area contributed by atoms with Gasteiger partial charge in [-0.2, -0.15) is 0 Å². The highest BCUT2D eigenvalue weighted by Crippen LogP contribution is 2.56. The quantitative estimate of drug-likeness (QED) is 0.189. The summed E-state index contributed by atoms with van der Waals surface area (Å²) in [5, 5.41) is 0. The lowest BCUT2D eigenvalue weighted by molar-refractivity contribution is 0.394. The van der Waals surface area contributed by atoms with E-state index in [2.05, 4.69) is 147 Å². The second kappa shape index (κ2) is 8.56. The van der Waals surface area contributed by atoms with Gasteiger partial charge >= 0.3 is 0 Å². The van der Waals surface area contributed by atoms with E-state index in [-0.39, 0.29) is 28.4 Å². The van der Waals surface area contributed by atoms with Crippen LogP contribution >= 0.6 is 0 Å². The van der Waals surface area contributed by atoms with Gasteiger partial charge in [0.1, 0.15) is 11.5 Å². The molecule has 42 heavy (non-hydrogen) atoms. The van der Waals surface area contributed by atoms with Crippen molar-refractivity contribution in [1.29, 1.82) is 0 Å². The van der Waals surface area contributed by atoms with Gasteiger partial charge in [-0.1, -0.05) is 112 Å². The van der Waals surface area contributed by atoms with Crippen LogP contribution in [0.2, 0.25) is 0 Å². The van der Waals surface area contributed by atoms with Gasteiger partial charge in [-0.25, -0.2) is 0 Å². The van der Waals surface area contributed by atoms with E-state index in [1.165, 1.54) is 55.7 Å². The van der Waals surface area contributed by atoms with Crippen molar-refractivity contribution in [1.82, 2.24) is 0 Å². The Kier molecular flexibility index (Phi) is 5.58. The number of nitrogens with zero attached hydrogens (tertiary/aromatic N) is 1. The summed E-state index contributed by atoms with van der Waals surface area (Å²) in [6.07, 6.45) is 1.10. The van der Waals surface area contributed by atoms with E-state index in [9.17, 15) is 0 Å². The SMILES string of the molecule is CC(C)(C)c1ccc(N2c3ccc(C(C)(C)C)cc3B3c4ccccc4Oc4c3c2cc2c4C(C)(C)CC2(C)C)cc1. The fraction of sp³-hybridized carbons (Fsp3) is 0.385. The summed E-state index contributed by atoms with van der Waals surface area (Å²) in [6, 6.07) is 27.7. The van der Waals surface area contributed by atoms with E-state index in [1.54, 1.807) is 0 Å². The third-order valence-electron chi connectivity index (χ3n) is 10.00. The van der Waals surface area contributed by atoms with E-state index >= 15 is 0 Å². The minimum Gasteiger partial charge on any atom is -0.458 e. The average molecular weight is 554 g/mol. The van der Waals surface area contributed by atoms with Crippen molar-refractivity contribution in [2.24, 2.45) is 0 Å². The van der Waals surface area contributed by atoms with Gasteiger partial charge in [0.15, 0.2) is 0 Å². The molecular weight excluding hydrogens is 509 g/mol. The number of rotatable bonds is 1. The molecule has 3 aliphatic rings. The van der Waals surface area contributed by atoms with Gasteiger partial charge in [-0.15, -0.1) is 0 Å². The van der Waals surface area contributed by atoms with Gasteiger partial charge in [0.2, 0.25) is 0 Å². The molecule has 4 aromatic rings. The fourth-order valence-electron chi connectivity index (χ4n) is 8.10. The maximum Gasteiger partial charge on any atom is 0.256 e. The highest BCUT2D eigenvalue weighted by molar-refractivity contribution is 6.99. The van der Waals surface area contributed by atoms with E-state index < -0.39 is 0 Å². The molecular formula is C39H44BNO. The van der Waals surface area contributed by atoms with Gasteiger partial charge < -0.3 is 9.64 Å². The fourth-order valence-corrected chi connectivity index (χ4v) is 8.10. The Morgan fingerprint density at radius 2 is 1.33 bits per heavy atom. The molecule has 0 aromatic heterocycles. The predicted octanol–water partition coefficient (Wildman–Crippen LogP) is 8.65. The molecule has 0 saturated heterocycles. The first-order chi connectivity index (χ1) is 19.6. The van der Waals surface area contributed by atoms with Crippen LogP contribution < -0.4 is 26.0 Å². The molecule has 0 atom stereocenters. The summed E-state index contributed by atoms with van der Waals surface area (Å²) in [5.41, 5.74) is 13.4. The van der Waals surface area contributed by atoms with E-state index in [0.717, 1.165) is 17.9 Å². The van der Waals surface area contributed by atoms with E-state index in [0.29, 0.717) is 0 Å². The number of fused-ring (bicyclic) bond motifs is 6. The zero-order chi connectivity index (χ0) is 30.0. The molecule has 0 radical (unpaired) electrons. The lowest BCUT2D eigenvalue weighted by Gasteiger charge is -2.42. The van der Waals surface area contributed by atoms with Crippen LogP contribution in [0.3, 0.4) is 0 Å². The molecule has 1 aliphatic carbocycles. The van der Waals surface area contributed by atoms with Crippen molar-refractivity contribution in [3.05, 3.63) is 95.1 Å². The van der Waals surface area contributed by atoms with Crippen LogP contribution in [0.25, 0.3) is 0 Å². The van der Waals surface area contributed by atoms with Crippen LogP contribution in [-0.2, 0) is 21.7 Å². The molecule has 214 valence electrons. The van der Waals surface area contributed by atoms with Crippen molar-refractivity contribution in [2.45, 2.75) is 97.3 Å². The van der Waals surface area contributed by atoms with Gasteiger partial charge in [-0.05, 0) is 91.5 Å². The van der Waals surface area contributed by atoms with E-state index in [4.69, 9.17) is 4.74 Å². The first-order valence-corrected chi connectivity index (χ1v) is 15.6. The second-order valence-electron chi connectivity index (χ2n) is 16.2. The first-order valence-electron chi connectivity index (χ1n) is 15.6. The standard InChI is InChI=1S/C39H44BNO/c1-36(2,3)24-15-18-26(19-16-24)41-30-20-17-25(37(4,5)6)21-29(30)40-28-13-11-12-14-32(28)42-35-33-27(22-31(41)34(35)40)38(7,8)23-39(33,9)10/h11-22H,23H2,1-10H3. The Hall–Kier alpha value is -3.46. The molecule has 2 aliphatic heterocycles. The molecule has 0 N–H and O–H groups in total. The third kappa shape index (κ3) is 3.92. The van der Waals surface area contributed by atoms with Crippen molar-refractivity contribution >= 4 is 40.2 Å². The van der Waals surface area contributed by atoms with Crippen LogP contribution in [-0.4, -0.2) is 6.71 Å². The van der Waals surface area contributed by atoms with Gasteiger partial charge in [0.25, 0.3) is 6.71 Å². The largest absolute Gasteiger partial charge is 0.458 e. The summed E-state index contributed by atoms with van der Waals surface area (Å²) >= 11 is 0. The maximum atomic E-state index is 7.03. The lowest BCUT2D eigenvalue weighted by Crippen LogP contribution is -2.60. The molecule has 2 nitrogen and oxygen atoms in total. The number of hydrogen-bond donors (Lipinski definition) is 0. The monoisotopic (exact) mass is 553 g/mol. The van der Waals surface area contributed by atoms with Crippen molar-refractivity contribution in [3.63, 3.8) is 0 Å². The molecule has 0 amide bonds. The molecule has 0 fully saturated rings. The Balaban J connectivity index is 1.59. The zero-order valence-electron chi connectivity index (χ0n) is 27.1. The second-order valence-corrected chi connectivity index (χ2v) is 16.2. The van der Waals surface area contributed by atoms with Crippen LogP contribution in [0.5, 0.6) is 11.5 Å². The summed E-state index contributed by atoms with van der Waals surface area (Å²) in [7, 11) is 0. The smallest absolute Gasteiger partial charge is 0.256 e. The molecule has 0 spiro atoms. The van der Waals surface area contributed by atoms with Crippen molar-refractivity contribution in [3.8, 4) is 11.5 Å². The molecule has 4 aromatic carbocycles. The van der Waals surface area contributed by atoms with Crippen LogP contribution in [0.1, 0.15) is 97.9 Å². The minimum atomic E-state index is 0.0206. The molecule has 7 rings (SSSR count). The third-order valence-corrected chi connectivity index (χ3v) is 10.00. The number of ether oxygens (including phenoxy) is 1. The summed E-state index contributed by atoms with van der Waals surface area (Å²) in [6.45, 7) is 23.5. The Labute approximate surface area is 253 Å². The van der Waals surface area contributed by atoms with Crippen LogP contribution in [0.4, 0.5) is 17.1 Å². The number of para-hydroxylation sites is 1. The number of hydrogen-bond acceptors (Lipinski definition) is 2. The Morgan fingerprint density at radius 3 is 2.00 bits per heavy atom. The van der Waals surface area contributed by atoms with Gasteiger partial charge in [0.05, 0.1) is 0 Å². The van der Waals surface area contributed by atoms with Crippen LogP contribution in [0, 0.1) is 0 Å². The minimum absolute atomic E-state index is 0.0206. The van der Waals surface area contributed by atoms with Gasteiger partial charge in [0, 0.05) is 22.6 Å². The number of anilines is 3. The Bertz CT molecular complexity index is 1750. The first kappa shape index (κ1) is 27.4. The van der Waals surface area contributed by atoms with Crippen LogP contribution in [0.15, 0.2) is 72.8 Å². The predicted molar refractivity (Wildman–Crippen MR) is 180 cm³/mol. The summed E-state index contributed by atoms with van der Waals surface area (Å²) < 4.78 is 7.03. The van der Waals surface area contributed by atoms with E-state index in [1.807, 2.05) is 0 Å². The maximum absolute atomic E-state index is 7.03. The van der Waals surface area contributed by atoms with Crippen molar-refractivity contribution < 1.29 is 4.74 Å². The summed E-state index contributed by atoms with van der Waals surface area (Å²) in [5.74, 6) is 2.08. The molecule has 0 saturated carbocycles. The lowest BCUT2D eigenvalue weighted by atomic mass is 9.33. The molecule has 3 heteroatoms.